The van der Waals surface area contributed by atoms with E-state index in [0.717, 1.165) is 6.29 Å². The minimum atomic E-state index is -2.92. The average Bonchev–Trinajstić information content (AvgIpc) is 2.01. The van der Waals surface area contributed by atoms with Crippen LogP contribution in [0.25, 0.3) is 0 Å². The molecule has 0 amide bonds. The zero-order chi connectivity index (χ0) is 9.95. The van der Waals surface area contributed by atoms with E-state index in [-0.39, 0.29) is 11.5 Å². The molecule has 0 bridgehead atoms. The summed E-state index contributed by atoms with van der Waals surface area (Å²) in [6.45, 7) is 1.73. The third-order valence-corrected chi connectivity index (χ3v) is 4.22. The van der Waals surface area contributed by atoms with Crippen LogP contribution in [0.15, 0.2) is 0 Å². The summed E-state index contributed by atoms with van der Waals surface area (Å²) in [6.07, 6.45) is 1.94. The van der Waals surface area contributed by atoms with Crippen molar-refractivity contribution in [2.45, 2.75) is 19.8 Å². The molecule has 0 aromatic rings. The van der Waals surface area contributed by atoms with Crippen LogP contribution in [0.2, 0.25) is 0 Å². The Morgan fingerprint density at radius 3 is 2.46 bits per heavy atom. The lowest BCUT2D eigenvalue weighted by molar-refractivity contribution is -0.115. The van der Waals surface area contributed by atoms with Gasteiger partial charge in [-0.25, -0.2) is 8.42 Å². The van der Waals surface area contributed by atoms with E-state index >= 15 is 0 Å². The Morgan fingerprint density at radius 1 is 1.46 bits per heavy atom. The number of aldehydes is 1. The van der Waals surface area contributed by atoms with Gasteiger partial charge in [0, 0.05) is 6.42 Å². The van der Waals surface area contributed by atoms with Gasteiger partial charge < -0.3 is 4.79 Å². The van der Waals surface area contributed by atoms with Crippen LogP contribution in [0, 0.1) is 17.3 Å². The maximum atomic E-state index is 10.9. The molecule has 1 rings (SSSR count). The Kier molecular flexibility index (Phi) is 2.77. The molecule has 1 fully saturated rings. The molecule has 72 valence electrons. The molecule has 0 saturated carbocycles. The monoisotopic (exact) mass is 200 g/mol. The average molecular weight is 200 g/mol. The number of hydrogen-bond acceptors (Lipinski definition) is 3. The van der Waals surface area contributed by atoms with Crippen LogP contribution in [0.3, 0.4) is 0 Å². The van der Waals surface area contributed by atoms with E-state index in [0.29, 0.717) is 12.8 Å². The molecular formula is C9H12O3S. The summed E-state index contributed by atoms with van der Waals surface area (Å²) in [5.74, 6) is 5.57. The van der Waals surface area contributed by atoms with Crippen LogP contribution in [0.1, 0.15) is 19.8 Å². The molecule has 0 aliphatic carbocycles. The quantitative estimate of drug-likeness (QED) is 0.489. The van der Waals surface area contributed by atoms with E-state index in [2.05, 4.69) is 11.8 Å². The van der Waals surface area contributed by atoms with Crippen molar-refractivity contribution in [3.63, 3.8) is 0 Å². The Bertz CT molecular complexity index is 344. The lowest BCUT2D eigenvalue weighted by Crippen LogP contribution is -2.49. The number of carbonyl (C=O) groups is 1. The van der Waals surface area contributed by atoms with E-state index in [1.807, 2.05) is 0 Å². The second kappa shape index (κ2) is 3.51. The van der Waals surface area contributed by atoms with Crippen LogP contribution in [0.5, 0.6) is 0 Å². The Morgan fingerprint density at radius 2 is 2.08 bits per heavy atom. The van der Waals surface area contributed by atoms with Crippen molar-refractivity contribution in [2.75, 3.05) is 11.5 Å². The summed E-state index contributed by atoms with van der Waals surface area (Å²) < 4.78 is 21.8. The lowest BCUT2D eigenvalue weighted by Gasteiger charge is -2.35. The molecule has 0 radical (unpaired) electrons. The highest BCUT2D eigenvalue weighted by Gasteiger charge is 2.47. The highest BCUT2D eigenvalue weighted by Crippen LogP contribution is 2.35. The van der Waals surface area contributed by atoms with Gasteiger partial charge in [0.05, 0.1) is 16.9 Å². The normalized spacial score (nSPS) is 22.2. The summed E-state index contributed by atoms with van der Waals surface area (Å²) >= 11 is 0. The van der Waals surface area contributed by atoms with Crippen LogP contribution >= 0.6 is 0 Å². The topological polar surface area (TPSA) is 51.2 Å². The molecule has 1 aliphatic heterocycles. The first-order chi connectivity index (χ1) is 6.04. The van der Waals surface area contributed by atoms with Gasteiger partial charge in [-0.3, -0.25) is 0 Å². The molecule has 4 heteroatoms. The van der Waals surface area contributed by atoms with Crippen LogP contribution in [-0.2, 0) is 14.6 Å². The van der Waals surface area contributed by atoms with Gasteiger partial charge in [-0.05, 0) is 13.3 Å². The fourth-order valence-corrected chi connectivity index (χ4v) is 3.63. The molecule has 0 atom stereocenters. The molecule has 0 spiro atoms. The standard InChI is InChI=1S/C9H12O3S/c1-2-3-4-5-9(6-10)7-13(11,12)8-9/h6H,4-5,7-8H2,1H3. The summed E-state index contributed by atoms with van der Waals surface area (Å²) in [5, 5.41) is 0. The Labute approximate surface area is 78.4 Å². The maximum Gasteiger partial charge on any atom is 0.152 e. The number of hydrogen-bond donors (Lipinski definition) is 0. The van der Waals surface area contributed by atoms with Crippen LogP contribution in [-0.4, -0.2) is 26.2 Å². The zero-order valence-corrected chi connectivity index (χ0v) is 8.36. The molecule has 0 aromatic heterocycles. The largest absolute Gasteiger partial charge is 0.303 e. The summed E-state index contributed by atoms with van der Waals surface area (Å²) in [5.41, 5.74) is -0.622. The molecule has 0 N–H and O–H groups in total. The minimum Gasteiger partial charge on any atom is -0.303 e. The fraction of sp³-hybridized carbons (Fsp3) is 0.667. The van der Waals surface area contributed by atoms with E-state index in [1.54, 1.807) is 6.92 Å². The summed E-state index contributed by atoms with van der Waals surface area (Å²) in [4.78, 5) is 10.7. The van der Waals surface area contributed by atoms with Gasteiger partial charge in [0.25, 0.3) is 0 Å². The van der Waals surface area contributed by atoms with Crippen molar-refractivity contribution in [3.05, 3.63) is 0 Å². The number of sulfone groups is 1. The van der Waals surface area contributed by atoms with E-state index in [9.17, 15) is 13.2 Å². The van der Waals surface area contributed by atoms with Gasteiger partial charge in [0.15, 0.2) is 9.84 Å². The van der Waals surface area contributed by atoms with Crippen molar-refractivity contribution in [1.82, 2.24) is 0 Å². The van der Waals surface area contributed by atoms with Gasteiger partial charge in [-0.15, -0.1) is 11.8 Å². The first-order valence-corrected chi connectivity index (χ1v) is 5.92. The predicted molar refractivity (Wildman–Crippen MR) is 49.8 cm³/mol. The van der Waals surface area contributed by atoms with Gasteiger partial charge in [-0.2, -0.15) is 0 Å². The van der Waals surface area contributed by atoms with Gasteiger partial charge >= 0.3 is 0 Å². The van der Waals surface area contributed by atoms with Crippen molar-refractivity contribution in [2.24, 2.45) is 5.41 Å². The molecule has 3 nitrogen and oxygen atoms in total. The first kappa shape index (κ1) is 10.3. The molecule has 0 aromatic carbocycles. The molecule has 1 heterocycles. The minimum absolute atomic E-state index is 0.00882. The summed E-state index contributed by atoms with van der Waals surface area (Å²) in [6, 6.07) is 0. The Hall–Kier alpha value is -0.820. The zero-order valence-electron chi connectivity index (χ0n) is 7.54. The highest BCUT2D eigenvalue weighted by molar-refractivity contribution is 7.93. The smallest absolute Gasteiger partial charge is 0.152 e. The van der Waals surface area contributed by atoms with E-state index < -0.39 is 15.3 Å². The maximum absolute atomic E-state index is 10.9. The lowest BCUT2D eigenvalue weighted by atomic mass is 9.88. The predicted octanol–water partition coefficient (Wildman–Crippen LogP) is 0.404. The van der Waals surface area contributed by atoms with Crippen molar-refractivity contribution >= 4 is 16.1 Å². The second-order valence-electron chi connectivity index (χ2n) is 3.44. The third-order valence-electron chi connectivity index (χ3n) is 2.19. The molecular weight excluding hydrogens is 188 g/mol. The highest BCUT2D eigenvalue weighted by atomic mass is 32.2. The van der Waals surface area contributed by atoms with Gasteiger partial charge in [0.2, 0.25) is 0 Å². The van der Waals surface area contributed by atoms with Crippen LogP contribution in [0.4, 0.5) is 0 Å². The van der Waals surface area contributed by atoms with Crippen LogP contribution < -0.4 is 0 Å². The molecule has 1 saturated heterocycles. The summed E-state index contributed by atoms with van der Waals surface area (Å²) in [7, 11) is -2.92. The molecule has 13 heavy (non-hydrogen) atoms. The van der Waals surface area contributed by atoms with Gasteiger partial charge in [-0.1, -0.05) is 0 Å². The van der Waals surface area contributed by atoms with Crippen molar-refractivity contribution < 1.29 is 13.2 Å². The van der Waals surface area contributed by atoms with E-state index in [4.69, 9.17) is 0 Å². The fourth-order valence-electron chi connectivity index (χ4n) is 1.54. The first-order valence-electron chi connectivity index (χ1n) is 4.10. The number of carbonyl (C=O) groups excluding carboxylic acids is 1. The van der Waals surface area contributed by atoms with E-state index in [1.165, 1.54) is 0 Å². The van der Waals surface area contributed by atoms with Crippen molar-refractivity contribution in [1.29, 1.82) is 0 Å². The second-order valence-corrected chi connectivity index (χ2v) is 5.50. The third kappa shape index (κ3) is 2.31. The van der Waals surface area contributed by atoms with Crippen molar-refractivity contribution in [3.8, 4) is 11.8 Å². The Balaban J connectivity index is 2.54. The number of rotatable bonds is 3. The molecule has 0 unspecified atom stereocenters. The molecule has 1 aliphatic rings. The SMILES string of the molecule is CC#CCCC1(C=O)CS(=O)(=O)C1. The van der Waals surface area contributed by atoms with Gasteiger partial charge in [0.1, 0.15) is 6.29 Å².